The van der Waals surface area contributed by atoms with Gasteiger partial charge in [0, 0.05) is 5.56 Å². The van der Waals surface area contributed by atoms with E-state index in [4.69, 9.17) is 21.1 Å². The van der Waals surface area contributed by atoms with Gasteiger partial charge in [-0.25, -0.2) is 0 Å². The molecule has 1 aliphatic rings. The van der Waals surface area contributed by atoms with Crippen molar-refractivity contribution in [2.75, 3.05) is 6.61 Å². The van der Waals surface area contributed by atoms with Crippen LogP contribution in [0.2, 0.25) is 5.02 Å². The third-order valence-corrected chi connectivity index (χ3v) is 5.03. The van der Waals surface area contributed by atoms with Gasteiger partial charge in [0.15, 0.2) is 6.61 Å². The van der Waals surface area contributed by atoms with Crippen LogP contribution in [0, 0.1) is 6.92 Å². The van der Waals surface area contributed by atoms with Gasteiger partial charge in [-0.1, -0.05) is 41.4 Å². The second-order valence-electron chi connectivity index (χ2n) is 6.67. The van der Waals surface area contributed by atoms with E-state index in [2.05, 4.69) is 0 Å². The van der Waals surface area contributed by atoms with E-state index in [1.54, 1.807) is 18.2 Å². The van der Waals surface area contributed by atoms with Gasteiger partial charge in [0.25, 0.3) is 6.47 Å². The van der Waals surface area contributed by atoms with E-state index >= 15 is 0 Å². The summed E-state index contributed by atoms with van der Waals surface area (Å²) in [6, 6.07) is 10.5. The van der Waals surface area contributed by atoms with Crippen molar-refractivity contribution in [1.29, 1.82) is 0 Å². The average Bonchev–Trinajstić information content (AvgIpc) is 2.56. The van der Waals surface area contributed by atoms with E-state index in [1.807, 2.05) is 19.1 Å². The molecular weight excluding hydrogens is 381 g/mol. The van der Waals surface area contributed by atoms with Gasteiger partial charge >= 0.3 is 6.18 Å². The minimum Gasteiger partial charge on any atom is -0.482 e. The van der Waals surface area contributed by atoms with E-state index in [0.29, 0.717) is 36.0 Å². The summed E-state index contributed by atoms with van der Waals surface area (Å²) in [6.45, 7) is 0.864. The van der Waals surface area contributed by atoms with Crippen molar-refractivity contribution in [3.05, 3.63) is 52.5 Å². The van der Waals surface area contributed by atoms with Crippen LogP contribution in [0.25, 0.3) is 11.1 Å². The van der Waals surface area contributed by atoms with Gasteiger partial charge in [0.2, 0.25) is 0 Å². The molecule has 144 valence electrons. The summed E-state index contributed by atoms with van der Waals surface area (Å²) in [5.41, 5.74) is 1.98. The fourth-order valence-corrected chi connectivity index (χ4v) is 3.44. The summed E-state index contributed by atoms with van der Waals surface area (Å²) in [7, 11) is 0. The normalized spacial score (nSPS) is 15.7. The van der Waals surface area contributed by atoms with E-state index < -0.39 is 18.4 Å². The van der Waals surface area contributed by atoms with Crippen LogP contribution < -0.4 is 4.74 Å². The molecule has 0 unspecified atom stereocenters. The van der Waals surface area contributed by atoms with Gasteiger partial charge in [-0.15, -0.1) is 0 Å². The van der Waals surface area contributed by atoms with Crippen LogP contribution in [0.5, 0.6) is 5.75 Å². The maximum Gasteiger partial charge on any atom is 0.422 e. The first-order valence-electron chi connectivity index (χ1n) is 8.46. The van der Waals surface area contributed by atoms with Crippen LogP contribution in [0.1, 0.15) is 30.4 Å². The maximum atomic E-state index is 12.7. The first-order valence-corrected chi connectivity index (χ1v) is 8.84. The SMILES string of the molecule is Cc1ccc(-c2cc(C3(OC=O)CCC3)cc(Cl)c2OCC(F)(F)F)cc1. The quantitative estimate of drug-likeness (QED) is 0.576. The Morgan fingerprint density at radius 1 is 1.19 bits per heavy atom. The lowest BCUT2D eigenvalue weighted by Crippen LogP contribution is -2.37. The number of carbonyl (C=O) groups excluding carboxylic acids is 1. The Kier molecular flexibility index (Phi) is 5.38. The van der Waals surface area contributed by atoms with Crippen molar-refractivity contribution >= 4 is 18.1 Å². The van der Waals surface area contributed by atoms with Crippen molar-refractivity contribution in [2.24, 2.45) is 0 Å². The van der Waals surface area contributed by atoms with Crippen molar-refractivity contribution in [1.82, 2.24) is 0 Å². The van der Waals surface area contributed by atoms with E-state index in [1.165, 1.54) is 6.07 Å². The largest absolute Gasteiger partial charge is 0.482 e. The topological polar surface area (TPSA) is 35.5 Å². The third kappa shape index (κ3) is 4.21. The highest BCUT2D eigenvalue weighted by atomic mass is 35.5. The molecule has 0 saturated heterocycles. The second kappa shape index (κ2) is 7.43. The monoisotopic (exact) mass is 398 g/mol. The molecule has 2 aromatic rings. The Morgan fingerprint density at radius 3 is 2.37 bits per heavy atom. The highest BCUT2D eigenvalue weighted by molar-refractivity contribution is 6.32. The van der Waals surface area contributed by atoms with Crippen LogP contribution in [0.3, 0.4) is 0 Å². The zero-order valence-electron chi connectivity index (χ0n) is 14.6. The molecule has 1 fully saturated rings. The summed E-state index contributed by atoms with van der Waals surface area (Å²) in [5.74, 6) is -0.0397. The molecule has 3 nitrogen and oxygen atoms in total. The van der Waals surface area contributed by atoms with Crippen molar-refractivity contribution in [3.63, 3.8) is 0 Å². The van der Waals surface area contributed by atoms with Gasteiger partial charge in [0.1, 0.15) is 11.4 Å². The van der Waals surface area contributed by atoms with Crippen LogP contribution in [-0.2, 0) is 15.1 Å². The number of ether oxygens (including phenoxy) is 2. The molecule has 1 saturated carbocycles. The Balaban J connectivity index is 2.10. The molecule has 0 N–H and O–H groups in total. The van der Waals surface area contributed by atoms with Crippen molar-refractivity contribution in [3.8, 4) is 16.9 Å². The summed E-state index contributed by atoms with van der Waals surface area (Å²) in [6.07, 6.45) is -2.32. The maximum absolute atomic E-state index is 12.7. The summed E-state index contributed by atoms with van der Waals surface area (Å²) < 4.78 is 48.3. The zero-order valence-corrected chi connectivity index (χ0v) is 15.4. The molecular formula is C20H18ClF3O3. The molecule has 27 heavy (non-hydrogen) atoms. The molecule has 0 aliphatic heterocycles. The second-order valence-corrected chi connectivity index (χ2v) is 7.07. The standard InChI is InChI=1S/C20H18ClF3O3/c1-13-3-5-14(6-4-13)16-9-15(19(27-12-25)7-2-8-19)10-17(21)18(16)26-11-20(22,23)24/h3-6,9-10,12H,2,7-8,11H2,1H3. The first-order chi connectivity index (χ1) is 12.7. The Labute approximate surface area is 160 Å². The molecule has 0 amide bonds. The molecule has 1 aliphatic carbocycles. The number of carbonyl (C=O) groups is 1. The van der Waals surface area contributed by atoms with Crippen LogP contribution in [0.4, 0.5) is 13.2 Å². The number of alkyl halides is 3. The Bertz CT molecular complexity index is 828. The molecule has 3 rings (SSSR count). The number of aryl methyl sites for hydroxylation is 1. The predicted molar refractivity (Wildman–Crippen MR) is 95.9 cm³/mol. The highest BCUT2D eigenvalue weighted by Gasteiger charge is 2.42. The number of benzene rings is 2. The van der Waals surface area contributed by atoms with Crippen molar-refractivity contribution in [2.45, 2.75) is 38.0 Å². The molecule has 0 bridgehead atoms. The van der Waals surface area contributed by atoms with E-state index in [-0.39, 0.29) is 10.8 Å². The molecule has 0 spiro atoms. The van der Waals surface area contributed by atoms with E-state index in [9.17, 15) is 18.0 Å². The van der Waals surface area contributed by atoms with Crippen LogP contribution in [0.15, 0.2) is 36.4 Å². The lowest BCUT2D eigenvalue weighted by atomic mass is 9.74. The summed E-state index contributed by atoms with van der Waals surface area (Å²) in [5, 5.41) is 0.0492. The molecule has 7 heteroatoms. The third-order valence-electron chi connectivity index (χ3n) is 4.75. The van der Waals surface area contributed by atoms with Gasteiger partial charge in [-0.05, 0) is 49.4 Å². The average molecular weight is 399 g/mol. The number of hydrogen-bond donors (Lipinski definition) is 0. The van der Waals surface area contributed by atoms with Crippen LogP contribution >= 0.6 is 11.6 Å². The van der Waals surface area contributed by atoms with Gasteiger partial charge in [0.05, 0.1) is 5.02 Å². The first kappa shape index (κ1) is 19.5. The van der Waals surface area contributed by atoms with E-state index in [0.717, 1.165) is 12.0 Å². The molecule has 0 atom stereocenters. The van der Waals surface area contributed by atoms with Gasteiger partial charge in [-0.3, -0.25) is 4.79 Å². The fraction of sp³-hybridized carbons (Fsp3) is 0.350. The Hall–Kier alpha value is -2.21. The highest BCUT2D eigenvalue weighted by Crippen LogP contribution is 2.48. The van der Waals surface area contributed by atoms with Crippen LogP contribution in [-0.4, -0.2) is 19.3 Å². The minimum absolute atomic E-state index is 0.0397. The number of rotatable bonds is 6. The van der Waals surface area contributed by atoms with Crippen molar-refractivity contribution < 1.29 is 27.4 Å². The lowest BCUT2D eigenvalue weighted by molar-refractivity contribution is -0.155. The summed E-state index contributed by atoms with van der Waals surface area (Å²) in [4.78, 5) is 10.9. The zero-order chi connectivity index (χ0) is 19.7. The Morgan fingerprint density at radius 2 is 1.85 bits per heavy atom. The fourth-order valence-electron chi connectivity index (χ4n) is 3.17. The molecule has 2 aromatic carbocycles. The minimum atomic E-state index is -4.48. The predicted octanol–water partition coefficient (Wildman–Crippen LogP) is 5.81. The molecule has 0 heterocycles. The molecule has 0 aromatic heterocycles. The lowest BCUT2D eigenvalue weighted by Gasteiger charge is -2.40. The van der Waals surface area contributed by atoms with Gasteiger partial charge in [-0.2, -0.15) is 13.2 Å². The number of hydrogen-bond acceptors (Lipinski definition) is 3. The molecule has 0 radical (unpaired) electrons. The van der Waals surface area contributed by atoms with Gasteiger partial charge < -0.3 is 9.47 Å². The smallest absolute Gasteiger partial charge is 0.422 e. The number of halogens is 4. The summed E-state index contributed by atoms with van der Waals surface area (Å²) >= 11 is 6.30.